The first kappa shape index (κ1) is 14.3. The van der Waals surface area contributed by atoms with Gasteiger partial charge >= 0.3 is 0 Å². The Labute approximate surface area is 118 Å². The summed E-state index contributed by atoms with van der Waals surface area (Å²) in [6.45, 7) is 6.78. The second kappa shape index (κ2) is 6.37. The van der Waals surface area contributed by atoms with Gasteiger partial charge in [0.25, 0.3) is 0 Å². The topological polar surface area (TPSA) is 41.6 Å². The minimum atomic E-state index is -0.165. The van der Waals surface area contributed by atoms with Gasteiger partial charge < -0.3 is 10.1 Å². The van der Waals surface area contributed by atoms with Crippen LogP contribution in [0.4, 0.5) is 5.69 Å². The van der Waals surface area contributed by atoms with Gasteiger partial charge in [-0.15, -0.1) is 0 Å². The Balaban J connectivity index is 2.01. The number of benzene rings is 1. The third kappa shape index (κ3) is 3.47. The zero-order chi connectivity index (χ0) is 13.8. The molecule has 1 N–H and O–H groups in total. The van der Waals surface area contributed by atoms with Gasteiger partial charge in [-0.05, 0) is 31.5 Å². The van der Waals surface area contributed by atoms with Crippen LogP contribution in [-0.4, -0.2) is 43.2 Å². The summed E-state index contributed by atoms with van der Waals surface area (Å²) >= 11 is 6.05. The van der Waals surface area contributed by atoms with Crippen molar-refractivity contribution in [1.29, 1.82) is 0 Å². The van der Waals surface area contributed by atoms with E-state index in [0.717, 1.165) is 24.3 Å². The lowest BCUT2D eigenvalue weighted by Crippen LogP contribution is -2.47. The van der Waals surface area contributed by atoms with E-state index in [0.29, 0.717) is 18.2 Å². The lowest BCUT2D eigenvalue weighted by Gasteiger charge is -2.31. The molecule has 1 heterocycles. The highest BCUT2D eigenvalue weighted by Crippen LogP contribution is 2.23. The Hall–Kier alpha value is -1.10. The van der Waals surface area contributed by atoms with E-state index in [-0.39, 0.29) is 11.9 Å². The summed E-state index contributed by atoms with van der Waals surface area (Å²) in [6.07, 6.45) is 0. The molecule has 0 unspecified atom stereocenters. The fourth-order valence-corrected chi connectivity index (χ4v) is 2.29. The van der Waals surface area contributed by atoms with Crippen LogP contribution in [0.1, 0.15) is 12.5 Å². The maximum Gasteiger partial charge on any atom is 0.241 e. The summed E-state index contributed by atoms with van der Waals surface area (Å²) in [5.41, 5.74) is 1.67. The quantitative estimate of drug-likeness (QED) is 0.925. The molecule has 104 valence electrons. The standard InChI is InChI=1S/C14H19ClN2O2/c1-10-12(15)4-3-5-13(10)16-14(18)11(2)17-6-8-19-9-7-17/h3-5,11H,6-9H2,1-2H3,(H,16,18)/t11-/m0/s1. The van der Waals surface area contributed by atoms with E-state index in [4.69, 9.17) is 16.3 Å². The molecular formula is C14H19ClN2O2. The lowest BCUT2D eigenvalue weighted by atomic mass is 10.2. The number of amides is 1. The van der Waals surface area contributed by atoms with Gasteiger partial charge in [0.2, 0.25) is 5.91 Å². The Bertz CT molecular complexity index is 459. The molecule has 0 spiro atoms. The average Bonchev–Trinajstić information content (AvgIpc) is 2.44. The second-order valence-electron chi connectivity index (χ2n) is 4.73. The molecule has 0 bridgehead atoms. The van der Waals surface area contributed by atoms with Crippen molar-refractivity contribution in [3.05, 3.63) is 28.8 Å². The van der Waals surface area contributed by atoms with Crippen LogP contribution in [0.2, 0.25) is 5.02 Å². The van der Waals surface area contributed by atoms with Crippen molar-refractivity contribution >= 4 is 23.2 Å². The van der Waals surface area contributed by atoms with Gasteiger partial charge in [-0.1, -0.05) is 17.7 Å². The Morgan fingerprint density at radius 3 is 2.79 bits per heavy atom. The lowest BCUT2D eigenvalue weighted by molar-refractivity contribution is -0.122. The maximum absolute atomic E-state index is 12.2. The van der Waals surface area contributed by atoms with Gasteiger partial charge in [0.1, 0.15) is 0 Å². The summed E-state index contributed by atoms with van der Waals surface area (Å²) in [6, 6.07) is 5.36. The second-order valence-corrected chi connectivity index (χ2v) is 5.13. The Morgan fingerprint density at radius 2 is 2.11 bits per heavy atom. The highest BCUT2D eigenvalue weighted by molar-refractivity contribution is 6.31. The van der Waals surface area contributed by atoms with Crippen molar-refractivity contribution in [3.63, 3.8) is 0 Å². The monoisotopic (exact) mass is 282 g/mol. The first-order chi connectivity index (χ1) is 9.09. The average molecular weight is 283 g/mol. The highest BCUT2D eigenvalue weighted by atomic mass is 35.5. The zero-order valence-corrected chi connectivity index (χ0v) is 12.0. The maximum atomic E-state index is 12.2. The van der Waals surface area contributed by atoms with E-state index in [1.807, 2.05) is 32.0 Å². The van der Waals surface area contributed by atoms with Crippen LogP contribution in [-0.2, 0) is 9.53 Å². The number of anilines is 1. The minimum Gasteiger partial charge on any atom is -0.379 e. The first-order valence-corrected chi connectivity index (χ1v) is 6.85. The van der Waals surface area contributed by atoms with E-state index in [9.17, 15) is 4.79 Å². The van der Waals surface area contributed by atoms with Crippen LogP contribution in [0.25, 0.3) is 0 Å². The molecule has 1 fully saturated rings. The molecule has 1 aliphatic rings. The number of halogens is 1. The van der Waals surface area contributed by atoms with E-state index in [2.05, 4.69) is 10.2 Å². The molecule has 0 aromatic heterocycles. The van der Waals surface area contributed by atoms with Crippen LogP contribution in [0.3, 0.4) is 0 Å². The van der Waals surface area contributed by atoms with Gasteiger partial charge in [0.15, 0.2) is 0 Å². The number of morpholine rings is 1. The van der Waals surface area contributed by atoms with Gasteiger partial charge in [0, 0.05) is 23.8 Å². The number of carbonyl (C=O) groups excluding carboxylic acids is 1. The van der Waals surface area contributed by atoms with Crippen LogP contribution < -0.4 is 5.32 Å². The molecule has 4 nitrogen and oxygen atoms in total. The largest absolute Gasteiger partial charge is 0.379 e. The summed E-state index contributed by atoms with van der Waals surface area (Å²) in [4.78, 5) is 14.4. The molecule has 19 heavy (non-hydrogen) atoms. The molecular weight excluding hydrogens is 264 g/mol. The minimum absolute atomic E-state index is 0.00716. The summed E-state index contributed by atoms with van der Waals surface area (Å²) in [7, 11) is 0. The molecule has 1 atom stereocenters. The molecule has 1 amide bonds. The molecule has 1 aromatic rings. The molecule has 0 radical (unpaired) electrons. The fourth-order valence-electron chi connectivity index (χ4n) is 2.11. The van der Waals surface area contributed by atoms with Crippen LogP contribution in [0.5, 0.6) is 0 Å². The predicted molar refractivity (Wildman–Crippen MR) is 76.7 cm³/mol. The molecule has 5 heteroatoms. The van der Waals surface area contributed by atoms with Crippen LogP contribution >= 0.6 is 11.6 Å². The number of nitrogens with zero attached hydrogens (tertiary/aromatic N) is 1. The molecule has 0 aliphatic carbocycles. The number of carbonyl (C=O) groups is 1. The van der Waals surface area contributed by atoms with Gasteiger partial charge in [0.05, 0.1) is 19.3 Å². The molecule has 1 saturated heterocycles. The summed E-state index contributed by atoms with van der Waals surface area (Å²) < 4.78 is 5.29. The zero-order valence-electron chi connectivity index (χ0n) is 11.3. The van der Waals surface area contributed by atoms with Crippen molar-refractivity contribution in [2.24, 2.45) is 0 Å². The van der Waals surface area contributed by atoms with Crippen LogP contribution in [0, 0.1) is 6.92 Å². The van der Waals surface area contributed by atoms with Crippen LogP contribution in [0.15, 0.2) is 18.2 Å². The fraction of sp³-hybridized carbons (Fsp3) is 0.500. The number of ether oxygens (including phenoxy) is 1. The first-order valence-electron chi connectivity index (χ1n) is 6.47. The van der Waals surface area contributed by atoms with Crippen molar-refractivity contribution < 1.29 is 9.53 Å². The highest BCUT2D eigenvalue weighted by Gasteiger charge is 2.23. The Morgan fingerprint density at radius 1 is 1.42 bits per heavy atom. The van der Waals surface area contributed by atoms with E-state index in [1.165, 1.54) is 0 Å². The number of rotatable bonds is 3. The summed E-state index contributed by atoms with van der Waals surface area (Å²) in [5.74, 6) is -0.00716. The Kier molecular flexibility index (Phi) is 4.80. The number of nitrogens with one attached hydrogen (secondary N) is 1. The SMILES string of the molecule is Cc1c(Cl)cccc1NC(=O)[C@H](C)N1CCOCC1. The van der Waals surface area contributed by atoms with Crippen molar-refractivity contribution in [1.82, 2.24) is 4.90 Å². The van der Waals surface area contributed by atoms with Gasteiger partial charge in [-0.2, -0.15) is 0 Å². The van der Waals surface area contributed by atoms with Crippen molar-refractivity contribution in [3.8, 4) is 0 Å². The van der Waals surface area contributed by atoms with Gasteiger partial charge in [-0.3, -0.25) is 9.69 Å². The van der Waals surface area contributed by atoms with Gasteiger partial charge in [-0.25, -0.2) is 0 Å². The number of hydrogen-bond acceptors (Lipinski definition) is 3. The van der Waals surface area contributed by atoms with E-state index in [1.54, 1.807) is 0 Å². The normalized spacial score (nSPS) is 18.1. The molecule has 1 aliphatic heterocycles. The third-order valence-electron chi connectivity index (χ3n) is 3.50. The molecule has 1 aromatic carbocycles. The van der Waals surface area contributed by atoms with Crippen molar-refractivity contribution in [2.45, 2.75) is 19.9 Å². The van der Waals surface area contributed by atoms with E-state index >= 15 is 0 Å². The number of hydrogen-bond donors (Lipinski definition) is 1. The predicted octanol–water partition coefficient (Wildman–Crippen LogP) is 2.31. The van der Waals surface area contributed by atoms with E-state index < -0.39 is 0 Å². The molecule has 0 saturated carbocycles. The molecule has 2 rings (SSSR count). The van der Waals surface area contributed by atoms with Crippen molar-refractivity contribution in [2.75, 3.05) is 31.6 Å². The third-order valence-corrected chi connectivity index (χ3v) is 3.91. The summed E-state index contributed by atoms with van der Waals surface area (Å²) in [5, 5.41) is 3.61. The smallest absolute Gasteiger partial charge is 0.241 e.